The molecule has 33 heavy (non-hydrogen) atoms. The maximum Gasteiger partial charge on any atom is 0.416 e. The van der Waals surface area contributed by atoms with E-state index in [1.807, 2.05) is 7.05 Å². The Balaban J connectivity index is 1.37. The number of rotatable bonds is 3. The third kappa shape index (κ3) is 4.12. The van der Waals surface area contributed by atoms with Gasteiger partial charge < -0.3 is 10.1 Å². The Morgan fingerprint density at radius 1 is 1.09 bits per heavy atom. The van der Waals surface area contributed by atoms with Crippen LogP contribution in [-0.4, -0.2) is 32.5 Å². The van der Waals surface area contributed by atoms with E-state index in [1.165, 1.54) is 23.0 Å². The number of anilines is 1. The molecule has 1 N–H and O–H groups in total. The van der Waals surface area contributed by atoms with Gasteiger partial charge in [-0.2, -0.15) is 13.2 Å². The molecule has 0 bridgehead atoms. The Labute approximate surface area is 186 Å². The summed E-state index contributed by atoms with van der Waals surface area (Å²) in [5, 5.41) is 3.24. The van der Waals surface area contributed by atoms with Gasteiger partial charge in [0.25, 0.3) is 0 Å². The predicted octanol–water partition coefficient (Wildman–Crippen LogP) is 5.27. The third-order valence-electron chi connectivity index (χ3n) is 5.38. The molecule has 2 aromatic carbocycles. The lowest BCUT2D eigenvalue weighted by atomic mass is 10.2. The molecule has 0 saturated carbocycles. The van der Waals surface area contributed by atoms with Gasteiger partial charge in [-0.3, -0.25) is 9.47 Å². The summed E-state index contributed by atoms with van der Waals surface area (Å²) in [5.74, 6) is 1.04. The zero-order valence-electron chi connectivity index (χ0n) is 17.4. The van der Waals surface area contributed by atoms with Gasteiger partial charge in [-0.25, -0.2) is 14.8 Å². The van der Waals surface area contributed by atoms with Crippen molar-refractivity contribution in [2.24, 2.45) is 0 Å². The molecule has 5 rings (SSSR count). The van der Waals surface area contributed by atoms with Crippen molar-refractivity contribution in [3.05, 3.63) is 77.9 Å². The zero-order chi connectivity index (χ0) is 23.2. The molecule has 3 heterocycles. The minimum Gasteiger partial charge on any atom is -0.439 e. The Bertz CT molecular complexity index is 1370. The Morgan fingerprint density at radius 2 is 1.94 bits per heavy atom. The summed E-state index contributed by atoms with van der Waals surface area (Å²) in [4.78, 5) is 23.4. The smallest absolute Gasteiger partial charge is 0.416 e. The monoisotopic (exact) mass is 453 g/mol. The highest BCUT2D eigenvalue weighted by atomic mass is 19.4. The number of amides is 1. The first-order chi connectivity index (χ1) is 15.8. The Morgan fingerprint density at radius 3 is 2.76 bits per heavy atom. The number of benzene rings is 2. The molecule has 0 atom stereocenters. The van der Waals surface area contributed by atoms with Crippen molar-refractivity contribution in [3.8, 4) is 11.6 Å². The van der Waals surface area contributed by atoms with Gasteiger partial charge in [0.2, 0.25) is 5.88 Å². The number of aromatic nitrogens is 3. The second-order valence-electron chi connectivity index (χ2n) is 7.79. The van der Waals surface area contributed by atoms with E-state index in [9.17, 15) is 18.0 Å². The van der Waals surface area contributed by atoms with Crippen molar-refractivity contribution < 1.29 is 22.7 Å². The minimum atomic E-state index is -4.49. The summed E-state index contributed by atoms with van der Waals surface area (Å²) in [6.45, 7) is 1.43. The molecule has 0 radical (unpaired) electrons. The van der Waals surface area contributed by atoms with E-state index in [4.69, 9.17) is 4.74 Å². The van der Waals surface area contributed by atoms with Crippen LogP contribution in [0.2, 0.25) is 0 Å². The van der Waals surface area contributed by atoms with E-state index >= 15 is 0 Å². The van der Waals surface area contributed by atoms with Crippen LogP contribution in [0.5, 0.6) is 11.6 Å². The highest BCUT2D eigenvalue weighted by molar-refractivity contribution is 5.98. The normalized spacial score (nSPS) is 13.8. The van der Waals surface area contributed by atoms with Gasteiger partial charge in [0.05, 0.1) is 22.3 Å². The van der Waals surface area contributed by atoms with Crippen molar-refractivity contribution in [2.45, 2.75) is 19.3 Å². The molecule has 4 aromatic rings. The number of alkyl halides is 3. The van der Waals surface area contributed by atoms with Gasteiger partial charge in [0, 0.05) is 30.4 Å². The molecule has 1 aliphatic heterocycles. The van der Waals surface area contributed by atoms with Crippen LogP contribution in [0.4, 0.5) is 23.7 Å². The number of halogens is 3. The predicted molar refractivity (Wildman–Crippen MR) is 115 cm³/mol. The molecule has 10 heteroatoms. The van der Waals surface area contributed by atoms with E-state index in [0.29, 0.717) is 23.7 Å². The van der Waals surface area contributed by atoms with Crippen LogP contribution >= 0.6 is 0 Å². The summed E-state index contributed by atoms with van der Waals surface area (Å²) < 4.78 is 46.1. The summed E-state index contributed by atoms with van der Waals surface area (Å²) in [5.41, 5.74) is 1.68. The average molecular weight is 453 g/mol. The van der Waals surface area contributed by atoms with E-state index in [2.05, 4.69) is 20.2 Å². The van der Waals surface area contributed by atoms with E-state index in [0.717, 1.165) is 35.3 Å². The number of nitrogens with one attached hydrogen (secondary N) is 1. The summed E-state index contributed by atoms with van der Waals surface area (Å²) in [6, 6.07) is 10.9. The molecular weight excluding hydrogens is 435 g/mol. The molecule has 2 aromatic heterocycles. The quantitative estimate of drug-likeness (QED) is 0.458. The third-order valence-corrected chi connectivity index (χ3v) is 5.38. The zero-order valence-corrected chi connectivity index (χ0v) is 17.4. The number of ether oxygens (including phenoxy) is 1. The summed E-state index contributed by atoms with van der Waals surface area (Å²) in [6.07, 6.45) is -1.47. The molecule has 1 amide bonds. The molecule has 0 spiro atoms. The average Bonchev–Trinajstić information content (AvgIpc) is 3.36. The number of nitrogens with zero attached hydrogens (tertiary/aromatic N) is 4. The number of carbonyl (C=O) groups excluding carboxylic acids is 1. The lowest BCUT2D eigenvalue weighted by molar-refractivity contribution is -0.137. The summed E-state index contributed by atoms with van der Waals surface area (Å²) in [7, 11) is 1.99. The molecule has 7 nitrogen and oxygen atoms in total. The van der Waals surface area contributed by atoms with Crippen LogP contribution in [0.1, 0.15) is 16.8 Å². The molecule has 0 aliphatic carbocycles. The molecule has 1 aliphatic rings. The van der Waals surface area contributed by atoms with Crippen LogP contribution in [0.15, 0.2) is 61.1 Å². The molecule has 168 valence electrons. The first kappa shape index (κ1) is 21.0. The summed E-state index contributed by atoms with van der Waals surface area (Å²) >= 11 is 0. The fraction of sp³-hybridized carbons (Fsp3) is 0.174. The molecule has 0 unspecified atom stereocenters. The number of carbonyl (C=O) groups is 1. The van der Waals surface area contributed by atoms with E-state index in [1.54, 1.807) is 30.5 Å². The minimum absolute atomic E-state index is 0.0548. The molecular formula is C23H18F3N5O2. The van der Waals surface area contributed by atoms with Crippen molar-refractivity contribution in [1.29, 1.82) is 0 Å². The van der Waals surface area contributed by atoms with Crippen molar-refractivity contribution in [1.82, 2.24) is 19.4 Å². The van der Waals surface area contributed by atoms with E-state index in [-0.39, 0.29) is 5.69 Å². The van der Waals surface area contributed by atoms with Gasteiger partial charge in [-0.15, -0.1) is 0 Å². The Hall–Kier alpha value is -3.92. The molecule has 0 saturated heterocycles. The van der Waals surface area contributed by atoms with E-state index < -0.39 is 17.8 Å². The van der Waals surface area contributed by atoms with Gasteiger partial charge in [0.1, 0.15) is 12.1 Å². The number of hydrogen-bond acceptors (Lipinski definition) is 5. The van der Waals surface area contributed by atoms with Crippen LogP contribution in [0.3, 0.4) is 0 Å². The topological polar surface area (TPSA) is 72.3 Å². The lowest BCUT2D eigenvalue weighted by Gasteiger charge is -2.11. The van der Waals surface area contributed by atoms with Gasteiger partial charge in [0.15, 0.2) is 0 Å². The number of hydrogen-bond donors (Lipinski definition) is 1. The fourth-order valence-corrected chi connectivity index (χ4v) is 3.82. The fourth-order valence-electron chi connectivity index (χ4n) is 3.82. The van der Waals surface area contributed by atoms with Gasteiger partial charge in [-0.1, -0.05) is 6.07 Å². The van der Waals surface area contributed by atoms with Crippen LogP contribution in [-0.2, 0) is 19.3 Å². The maximum atomic E-state index is 12.9. The van der Waals surface area contributed by atoms with Crippen molar-refractivity contribution >= 4 is 22.6 Å². The first-order valence-electron chi connectivity index (χ1n) is 10.1. The van der Waals surface area contributed by atoms with Crippen molar-refractivity contribution in [2.75, 3.05) is 12.4 Å². The SMILES string of the molecule is CN1Cc2ncnc(Oc3ccc4c(ccn4C(=O)Nc4cccc(C(F)(F)F)c4)c3)c2C1. The highest BCUT2D eigenvalue weighted by Crippen LogP contribution is 2.32. The lowest BCUT2D eigenvalue weighted by Crippen LogP contribution is -2.18. The van der Waals surface area contributed by atoms with Crippen LogP contribution in [0.25, 0.3) is 10.9 Å². The standard InChI is InChI=1S/C23H18F3N5O2/c1-30-11-18-19(12-30)27-13-28-21(18)33-17-5-6-20-14(9-17)7-8-31(20)22(32)29-16-4-2-3-15(10-16)23(24,25)26/h2-10,13H,11-12H2,1H3,(H,29,32). The number of fused-ring (bicyclic) bond motifs is 2. The van der Waals surface area contributed by atoms with Crippen LogP contribution in [0, 0.1) is 0 Å². The Kier molecular flexibility index (Phi) is 5.01. The van der Waals surface area contributed by atoms with Crippen LogP contribution < -0.4 is 10.1 Å². The maximum absolute atomic E-state index is 12.9. The van der Waals surface area contributed by atoms with Gasteiger partial charge >= 0.3 is 12.2 Å². The molecule has 0 fully saturated rings. The highest BCUT2D eigenvalue weighted by Gasteiger charge is 2.30. The second kappa shape index (κ2) is 7.89. The first-order valence-corrected chi connectivity index (χ1v) is 10.1. The van der Waals surface area contributed by atoms with Crippen molar-refractivity contribution in [3.63, 3.8) is 0 Å². The largest absolute Gasteiger partial charge is 0.439 e. The second-order valence-corrected chi connectivity index (χ2v) is 7.79. The van der Waals surface area contributed by atoms with Gasteiger partial charge in [-0.05, 0) is 49.5 Å².